The van der Waals surface area contributed by atoms with Crippen molar-refractivity contribution in [1.82, 2.24) is 9.55 Å². The molecule has 0 aliphatic carbocycles. The number of carbonyl (C=O) groups is 2. The minimum Gasteiger partial charge on any atom is -0.464 e. The quantitative estimate of drug-likeness (QED) is 0.526. The monoisotopic (exact) mass is 444 g/mol. The molecule has 1 saturated heterocycles. The second-order valence-corrected chi connectivity index (χ2v) is 8.96. The number of aromatic nitrogens is 2. The number of ether oxygens (including phenoxy) is 2. The van der Waals surface area contributed by atoms with Gasteiger partial charge in [-0.2, -0.15) is 0 Å². The Balaban J connectivity index is 2.09. The van der Waals surface area contributed by atoms with Crippen LogP contribution in [-0.4, -0.2) is 47.8 Å². The van der Waals surface area contributed by atoms with Crippen molar-refractivity contribution in [3.63, 3.8) is 0 Å². The minimum absolute atomic E-state index is 0.00207. The number of rotatable bonds is 10. The van der Waals surface area contributed by atoms with Gasteiger partial charge in [0.15, 0.2) is 5.69 Å². The van der Waals surface area contributed by atoms with E-state index in [9.17, 15) is 9.59 Å². The maximum Gasteiger partial charge on any atom is 0.356 e. The Bertz CT molecular complexity index is 947. The summed E-state index contributed by atoms with van der Waals surface area (Å²) in [6.45, 7) is 10.2. The van der Waals surface area contributed by atoms with Crippen LogP contribution in [0.4, 0.5) is 11.4 Å². The van der Waals surface area contributed by atoms with Gasteiger partial charge in [-0.15, -0.1) is 0 Å². The van der Waals surface area contributed by atoms with Gasteiger partial charge in [-0.1, -0.05) is 27.7 Å². The van der Waals surface area contributed by atoms with Gasteiger partial charge in [-0.05, 0) is 37.7 Å². The van der Waals surface area contributed by atoms with Gasteiger partial charge in [-0.3, -0.25) is 4.79 Å². The van der Waals surface area contributed by atoms with E-state index < -0.39 is 5.97 Å². The molecule has 2 aromatic rings. The Kier molecular flexibility index (Phi) is 8.12. The van der Waals surface area contributed by atoms with Crippen LogP contribution in [0.5, 0.6) is 0 Å². The fraction of sp³-hybridized carbons (Fsp3) is 0.625. The highest BCUT2D eigenvalue weighted by Crippen LogP contribution is 2.34. The topological polar surface area (TPSA) is 94.5 Å². The lowest BCUT2D eigenvalue weighted by Crippen LogP contribution is -2.23. The molecule has 2 N–H and O–H groups in total. The number of hydrogen-bond acceptors (Lipinski definition) is 6. The standard InChI is InChI=1S/C24H36N4O4/c1-6-16(4)23(29)27-20-19-12-17(25-10-9-15(2)3)13-26-22(19)28(21(20)24(30)31-5)14-18-8-7-11-32-18/h12-13,15-16,18,25H,6-11,14H2,1-5H3,(H,27,29)/t16-,18-/m1/s1. The van der Waals surface area contributed by atoms with E-state index in [1.165, 1.54) is 7.11 Å². The molecule has 3 heterocycles. The van der Waals surface area contributed by atoms with Gasteiger partial charge in [0.25, 0.3) is 0 Å². The predicted octanol–water partition coefficient (Wildman–Crippen LogP) is 4.44. The van der Waals surface area contributed by atoms with E-state index in [4.69, 9.17) is 9.47 Å². The first kappa shape index (κ1) is 24.0. The van der Waals surface area contributed by atoms with Gasteiger partial charge in [-0.25, -0.2) is 9.78 Å². The summed E-state index contributed by atoms with van der Waals surface area (Å²) in [7, 11) is 1.35. The Morgan fingerprint density at radius 1 is 1.34 bits per heavy atom. The zero-order valence-corrected chi connectivity index (χ0v) is 19.9. The van der Waals surface area contributed by atoms with Gasteiger partial charge in [0, 0.05) is 24.5 Å². The first-order valence-electron chi connectivity index (χ1n) is 11.6. The highest BCUT2D eigenvalue weighted by molar-refractivity contribution is 6.11. The summed E-state index contributed by atoms with van der Waals surface area (Å²) in [4.78, 5) is 30.4. The number of pyridine rings is 1. The highest BCUT2D eigenvalue weighted by atomic mass is 16.5. The summed E-state index contributed by atoms with van der Waals surface area (Å²) in [5.74, 6) is -0.234. The summed E-state index contributed by atoms with van der Waals surface area (Å²) in [6.07, 6.45) is 5.42. The molecule has 8 heteroatoms. The van der Waals surface area contributed by atoms with Gasteiger partial charge in [0.1, 0.15) is 5.65 Å². The first-order valence-corrected chi connectivity index (χ1v) is 11.6. The van der Waals surface area contributed by atoms with Crippen molar-refractivity contribution in [3.05, 3.63) is 18.0 Å². The van der Waals surface area contributed by atoms with Crippen molar-refractivity contribution in [1.29, 1.82) is 0 Å². The maximum atomic E-state index is 12.9. The van der Waals surface area contributed by atoms with E-state index >= 15 is 0 Å². The van der Waals surface area contributed by atoms with Crippen LogP contribution in [-0.2, 0) is 20.8 Å². The zero-order valence-electron chi connectivity index (χ0n) is 19.9. The van der Waals surface area contributed by atoms with Crippen molar-refractivity contribution in [2.75, 3.05) is 30.9 Å². The zero-order chi connectivity index (χ0) is 23.3. The molecular weight excluding hydrogens is 408 g/mol. The number of nitrogens with one attached hydrogen (secondary N) is 2. The third-order valence-corrected chi connectivity index (χ3v) is 6.05. The Labute approximate surface area is 190 Å². The van der Waals surface area contributed by atoms with E-state index in [-0.39, 0.29) is 17.9 Å². The molecule has 1 amide bonds. The third-order valence-electron chi connectivity index (χ3n) is 6.05. The number of esters is 1. The lowest BCUT2D eigenvalue weighted by atomic mass is 10.1. The molecule has 0 spiro atoms. The van der Waals surface area contributed by atoms with Crippen LogP contribution in [0.3, 0.4) is 0 Å². The largest absolute Gasteiger partial charge is 0.464 e. The number of hydrogen-bond donors (Lipinski definition) is 2. The molecule has 2 aromatic heterocycles. The number of amides is 1. The highest BCUT2D eigenvalue weighted by Gasteiger charge is 2.29. The SMILES string of the molecule is CC[C@@H](C)C(=O)Nc1c(C(=O)OC)n(C[C@H]2CCCO2)c2ncc(NCCC(C)C)cc12. The van der Waals surface area contributed by atoms with Crippen LogP contribution in [0.1, 0.15) is 63.9 Å². The second-order valence-electron chi connectivity index (χ2n) is 8.96. The molecule has 0 unspecified atom stereocenters. The molecule has 0 radical (unpaired) electrons. The van der Waals surface area contributed by atoms with Crippen LogP contribution < -0.4 is 10.6 Å². The summed E-state index contributed by atoms with van der Waals surface area (Å²) in [5, 5.41) is 7.12. The predicted molar refractivity (Wildman–Crippen MR) is 126 cm³/mol. The van der Waals surface area contributed by atoms with Gasteiger partial charge in [0.05, 0.1) is 37.3 Å². The van der Waals surface area contributed by atoms with Crippen LogP contribution >= 0.6 is 0 Å². The number of anilines is 2. The molecule has 1 aliphatic rings. The number of methoxy groups -OCH3 is 1. The average molecular weight is 445 g/mol. The Morgan fingerprint density at radius 2 is 2.12 bits per heavy atom. The van der Waals surface area contributed by atoms with E-state index in [1.54, 1.807) is 6.20 Å². The molecule has 32 heavy (non-hydrogen) atoms. The van der Waals surface area contributed by atoms with Crippen LogP contribution in [0.2, 0.25) is 0 Å². The van der Waals surface area contributed by atoms with Crippen molar-refractivity contribution in [3.8, 4) is 0 Å². The molecule has 2 atom stereocenters. The third kappa shape index (κ3) is 5.41. The number of fused-ring (bicyclic) bond motifs is 1. The smallest absolute Gasteiger partial charge is 0.356 e. The van der Waals surface area contributed by atoms with Crippen molar-refractivity contribution >= 4 is 34.3 Å². The van der Waals surface area contributed by atoms with Gasteiger partial charge < -0.3 is 24.7 Å². The van der Waals surface area contributed by atoms with Gasteiger partial charge >= 0.3 is 5.97 Å². The van der Waals surface area contributed by atoms with E-state index in [0.29, 0.717) is 42.5 Å². The summed E-state index contributed by atoms with van der Waals surface area (Å²) in [5.41, 5.74) is 2.24. The van der Waals surface area contributed by atoms with E-state index in [2.05, 4.69) is 29.5 Å². The second kappa shape index (κ2) is 10.8. The molecule has 0 aromatic carbocycles. The van der Waals surface area contributed by atoms with Gasteiger partial charge in [0.2, 0.25) is 5.91 Å². The lowest BCUT2D eigenvalue weighted by Gasteiger charge is -2.15. The molecule has 3 rings (SSSR count). The molecule has 1 fully saturated rings. The molecule has 8 nitrogen and oxygen atoms in total. The summed E-state index contributed by atoms with van der Waals surface area (Å²) >= 11 is 0. The fourth-order valence-corrected chi connectivity index (χ4v) is 3.86. The minimum atomic E-state index is -0.505. The number of carbonyl (C=O) groups excluding carboxylic acids is 2. The molecule has 0 bridgehead atoms. The Morgan fingerprint density at radius 3 is 2.75 bits per heavy atom. The molecular formula is C24H36N4O4. The van der Waals surface area contributed by atoms with Crippen LogP contribution in [0, 0.1) is 11.8 Å². The van der Waals surface area contributed by atoms with E-state index in [1.807, 2.05) is 24.5 Å². The van der Waals surface area contributed by atoms with Crippen molar-refractivity contribution in [2.24, 2.45) is 11.8 Å². The Hall–Kier alpha value is -2.61. The van der Waals surface area contributed by atoms with Crippen molar-refractivity contribution in [2.45, 2.75) is 66.0 Å². The molecule has 0 saturated carbocycles. The summed E-state index contributed by atoms with van der Waals surface area (Å²) < 4.78 is 12.8. The fourth-order valence-electron chi connectivity index (χ4n) is 3.86. The molecule has 176 valence electrons. The number of nitrogens with zero attached hydrogens (tertiary/aromatic N) is 2. The normalized spacial score (nSPS) is 17.0. The molecule has 1 aliphatic heterocycles. The van der Waals surface area contributed by atoms with E-state index in [0.717, 1.165) is 36.9 Å². The average Bonchev–Trinajstić information content (AvgIpc) is 3.39. The van der Waals surface area contributed by atoms with Crippen molar-refractivity contribution < 1.29 is 19.1 Å². The maximum absolute atomic E-state index is 12.9. The van der Waals surface area contributed by atoms with Crippen LogP contribution in [0.25, 0.3) is 11.0 Å². The van der Waals surface area contributed by atoms with Crippen LogP contribution in [0.15, 0.2) is 12.3 Å². The lowest BCUT2D eigenvalue weighted by molar-refractivity contribution is -0.119. The summed E-state index contributed by atoms with van der Waals surface area (Å²) in [6, 6.07) is 1.95. The first-order chi connectivity index (χ1) is 15.3.